The molecule has 5 heteroatoms. The fourth-order valence-corrected chi connectivity index (χ4v) is 5.09. The molecular weight excluding hydrogens is 582 g/mol. The number of aromatic nitrogens is 1. The molecule has 1 heterocycles. The molecule has 4 aromatic carbocycles. The monoisotopic (exact) mass is 621 g/mol. The Kier molecular flexibility index (Phi) is 11.9. The van der Waals surface area contributed by atoms with E-state index >= 15 is 0 Å². The lowest BCUT2D eigenvalue weighted by molar-refractivity contribution is 0.225. The quantitative estimate of drug-likeness (QED) is 0.156. The normalized spacial score (nSPS) is 12.2. The summed E-state index contributed by atoms with van der Waals surface area (Å²) in [5.74, 6) is 0.966. The third kappa shape index (κ3) is 9.12. The van der Waals surface area contributed by atoms with Crippen LogP contribution in [0.15, 0.2) is 132 Å². The summed E-state index contributed by atoms with van der Waals surface area (Å²) in [5, 5.41) is 2.40. The first-order chi connectivity index (χ1) is 20.4. The molecule has 1 aromatic heterocycles. The first-order valence-electron chi connectivity index (χ1n) is 14.3. The highest BCUT2D eigenvalue weighted by Crippen LogP contribution is 2.27. The Balaban J connectivity index is 0.000000197. The number of halogens is 1. The summed E-state index contributed by atoms with van der Waals surface area (Å²) >= 11 is 3.47. The van der Waals surface area contributed by atoms with Crippen LogP contribution in [-0.2, 0) is 0 Å². The topological polar surface area (TPSA) is 28.6 Å². The Labute approximate surface area is 259 Å². The fraction of sp³-hybridized carbons (Fsp3) is 0.216. The third-order valence-corrected chi connectivity index (χ3v) is 7.52. The second-order valence-corrected chi connectivity index (χ2v) is 11.5. The Bertz CT molecular complexity index is 1530. The molecule has 0 amide bonds. The van der Waals surface area contributed by atoms with Crippen LogP contribution >= 0.6 is 15.9 Å². The third-order valence-electron chi connectivity index (χ3n) is 6.99. The van der Waals surface area contributed by atoms with Gasteiger partial charge in [-0.05, 0) is 74.5 Å². The highest BCUT2D eigenvalue weighted by Gasteiger charge is 2.14. The SMILES string of the molecule is CN(C)C/C=C(/c1ccc(Br)cc1)c1cccnc1.CN(C)[C@@H](CCOc1cccc2ccccc12)c1ccccc1. The maximum atomic E-state index is 6.09. The lowest BCUT2D eigenvalue weighted by Gasteiger charge is -2.25. The molecule has 0 N–H and O–H groups in total. The summed E-state index contributed by atoms with van der Waals surface area (Å²) in [6.45, 7) is 1.60. The maximum absolute atomic E-state index is 6.09. The van der Waals surface area contributed by atoms with E-state index in [0.717, 1.165) is 28.8 Å². The van der Waals surface area contributed by atoms with Crippen molar-refractivity contribution in [2.75, 3.05) is 41.3 Å². The van der Waals surface area contributed by atoms with Crippen molar-refractivity contribution < 1.29 is 4.74 Å². The average Bonchev–Trinajstić information content (AvgIpc) is 3.01. The maximum Gasteiger partial charge on any atom is 0.127 e. The molecule has 0 aliphatic heterocycles. The van der Waals surface area contributed by atoms with Crippen LogP contribution < -0.4 is 4.74 Å². The Hall–Kier alpha value is -3.77. The molecule has 0 saturated carbocycles. The van der Waals surface area contributed by atoms with Gasteiger partial charge in [-0.2, -0.15) is 0 Å². The number of fused-ring (bicyclic) bond motifs is 1. The summed E-state index contributed by atoms with van der Waals surface area (Å²) < 4.78 is 7.19. The van der Waals surface area contributed by atoms with Crippen LogP contribution in [0.2, 0.25) is 0 Å². The lowest BCUT2D eigenvalue weighted by atomic mass is 9.99. The van der Waals surface area contributed by atoms with E-state index in [1.807, 2.05) is 12.3 Å². The molecule has 4 nitrogen and oxygen atoms in total. The van der Waals surface area contributed by atoms with Crippen molar-refractivity contribution in [3.8, 4) is 5.75 Å². The Morgan fingerprint density at radius 3 is 2.19 bits per heavy atom. The average molecular weight is 623 g/mol. The minimum atomic E-state index is 0.367. The molecule has 0 spiro atoms. The molecule has 0 saturated heterocycles. The Morgan fingerprint density at radius 1 is 0.786 bits per heavy atom. The number of pyridine rings is 1. The lowest BCUT2D eigenvalue weighted by Crippen LogP contribution is -2.22. The number of hydrogen-bond acceptors (Lipinski definition) is 4. The van der Waals surface area contributed by atoms with Gasteiger partial charge in [-0.1, -0.05) is 107 Å². The van der Waals surface area contributed by atoms with E-state index in [0.29, 0.717) is 12.6 Å². The van der Waals surface area contributed by atoms with E-state index in [-0.39, 0.29) is 0 Å². The second-order valence-electron chi connectivity index (χ2n) is 10.6. The smallest absolute Gasteiger partial charge is 0.127 e. The van der Waals surface area contributed by atoms with Gasteiger partial charge in [0.25, 0.3) is 0 Å². The number of likely N-dealkylation sites (N-methyl/N-ethyl adjacent to an activating group) is 1. The summed E-state index contributed by atoms with van der Waals surface area (Å²) in [4.78, 5) is 8.61. The number of ether oxygens (including phenoxy) is 1. The van der Waals surface area contributed by atoms with E-state index in [9.17, 15) is 0 Å². The molecular formula is C37H40BrN3O. The molecule has 0 bridgehead atoms. The zero-order valence-corrected chi connectivity index (χ0v) is 26.5. The van der Waals surface area contributed by atoms with Gasteiger partial charge in [0.15, 0.2) is 0 Å². The second kappa shape index (κ2) is 16.0. The van der Waals surface area contributed by atoms with Crippen LogP contribution in [0.3, 0.4) is 0 Å². The molecule has 216 valence electrons. The van der Waals surface area contributed by atoms with Crippen LogP contribution in [0, 0.1) is 0 Å². The molecule has 5 aromatic rings. The van der Waals surface area contributed by atoms with E-state index < -0.39 is 0 Å². The molecule has 0 radical (unpaired) electrons. The van der Waals surface area contributed by atoms with Gasteiger partial charge < -0.3 is 14.5 Å². The van der Waals surface area contributed by atoms with Gasteiger partial charge in [-0.3, -0.25) is 4.98 Å². The summed E-state index contributed by atoms with van der Waals surface area (Å²) in [6, 6.07) is 38.0. The molecule has 0 aliphatic rings. The predicted molar refractivity (Wildman–Crippen MR) is 181 cm³/mol. The van der Waals surface area contributed by atoms with Gasteiger partial charge in [-0.15, -0.1) is 0 Å². The summed E-state index contributed by atoms with van der Waals surface area (Å²) in [6.07, 6.45) is 6.90. The minimum Gasteiger partial charge on any atom is -0.493 e. The number of hydrogen-bond donors (Lipinski definition) is 0. The van der Waals surface area contributed by atoms with E-state index in [1.54, 1.807) is 6.20 Å². The predicted octanol–water partition coefficient (Wildman–Crippen LogP) is 8.75. The van der Waals surface area contributed by atoms with Crippen LogP contribution in [0.25, 0.3) is 16.3 Å². The summed E-state index contributed by atoms with van der Waals surface area (Å²) in [5.41, 5.74) is 4.90. The number of nitrogens with zero attached hydrogens (tertiary/aromatic N) is 3. The van der Waals surface area contributed by atoms with Crippen molar-refractivity contribution in [3.05, 3.63) is 149 Å². The van der Waals surface area contributed by atoms with Crippen molar-refractivity contribution in [1.82, 2.24) is 14.8 Å². The minimum absolute atomic E-state index is 0.367. The zero-order chi connectivity index (χ0) is 29.7. The molecule has 1 atom stereocenters. The van der Waals surface area contributed by atoms with Crippen molar-refractivity contribution in [3.63, 3.8) is 0 Å². The molecule has 5 rings (SSSR count). The van der Waals surface area contributed by atoms with Gasteiger partial charge in [0.1, 0.15) is 5.75 Å². The van der Waals surface area contributed by atoms with Gasteiger partial charge >= 0.3 is 0 Å². The van der Waals surface area contributed by atoms with Gasteiger partial charge in [0.05, 0.1) is 6.61 Å². The largest absolute Gasteiger partial charge is 0.493 e. The van der Waals surface area contributed by atoms with Crippen LogP contribution in [0.5, 0.6) is 5.75 Å². The van der Waals surface area contributed by atoms with Gasteiger partial charge in [0, 0.05) is 46.8 Å². The molecule has 0 unspecified atom stereocenters. The Morgan fingerprint density at radius 2 is 1.50 bits per heavy atom. The first kappa shape index (κ1) is 31.2. The number of rotatable bonds is 10. The molecule has 42 heavy (non-hydrogen) atoms. The van der Waals surface area contributed by atoms with Gasteiger partial charge in [-0.25, -0.2) is 0 Å². The van der Waals surface area contributed by atoms with E-state index in [1.165, 1.54) is 27.5 Å². The van der Waals surface area contributed by atoms with Crippen molar-refractivity contribution in [1.29, 1.82) is 0 Å². The van der Waals surface area contributed by atoms with Crippen LogP contribution in [0.1, 0.15) is 29.2 Å². The zero-order valence-electron chi connectivity index (χ0n) is 25.0. The van der Waals surface area contributed by atoms with Crippen molar-refractivity contribution in [2.45, 2.75) is 12.5 Å². The summed E-state index contributed by atoms with van der Waals surface area (Å²) in [7, 11) is 8.38. The fourth-order valence-electron chi connectivity index (χ4n) is 4.83. The standard InChI is InChI=1S/C21H23NO.C16H17BrN2/c1-22(2)20(18-10-4-3-5-11-18)15-16-23-21-14-8-12-17-9-6-7-13-19(17)21;1-19(2)11-9-16(14-4-3-10-18-12-14)13-5-7-15(17)8-6-13/h3-14,20H,15-16H2,1-2H3;3-10,12H,11H2,1-2H3/b;16-9-/t20-;/m0./s1. The van der Waals surface area contributed by atoms with Gasteiger partial charge in [0.2, 0.25) is 0 Å². The van der Waals surface area contributed by atoms with Crippen LogP contribution in [0.4, 0.5) is 0 Å². The van der Waals surface area contributed by atoms with Crippen LogP contribution in [-0.4, -0.2) is 56.1 Å². The van der Waals surface area contributed by atoms with E-state index in [2.05, 4.69) is 168 Å². The van der Waals surface area contributed by atoms with E-state index in [4.69, 9.17) is 4.74 Å². The highest BCUT2D eigenvalue weighted by molar-refractivity contribution is 9.10. The van der Waals surface area contributed by atoms with Crippen molar-refractivity contribution >= 4 is 32.3 Å². The first-order valence-corrected chi connectivity index (χ1v) is 15.0. The highest BCUT2D eigenvalue weighted by atomic mass is 79.9. The number of benzene rings is 4. The molecule has 0 aliphatic carbocycles. The van der Waals surface area contributed by atoms with Crippen molar-refractivity contribution in [2.24, 2.45) is 0 Å². The molecule has 0 fully saturated rings.